The van der Waals surface area contributed by atoms with Crippen LogP contribution in [-0.4, -0.2) is 117 Å². The molecule has 0 bridgehead atoms. The molecule has 216 valence electrons. The Bertz CT molecular complexity index is 637. The number of hydrogen-bond donors (Lipinski definition) is 6. The second-order valence-corrected chi connectivity index (χ2v) is 12.9. The minimum absolute atomic E-state index is 0.132. The highest BCUT2D eigenvalue weighted by molar-refractivity contribution is 5.21. The van der Waals surface area contributed by atoms with E-state index in [9.17, 15) is 0 Å². The Morgan fingerprint density at radius 1 is 0.528 bits per heavy atom. The lowest BCUT2D eigenvalue weighted by Crippen LogP contribution is -2.54. The molecule has 36 heavy (non-hydrogen) atoms. The van der Waals surface area contributed by atoms with E-state index >= 15 is 0 Å². The highest BCUT2D eigenvalue weighted by atomic mass is 16.7. The third kappa shape index (κ3) is 6.25. The van der Waals surface area contributed by atoms with Gasteiger partial charge >= 0.3 is 0 Å². The van der Waals surface area contributed by atoms with Gasteiger partial charge in [-0.1, -0.05) is 0 Å². The van der Waals surface area contributed by atoms with E-state index in [0.717, 1.165) is 0 Å². The molecule has 2 atom stereocenters. The molecule has 0 saturated carbocycles. The van der Waals surface area contributed by atoms with Gasteiger partial charge < -0.3 is 49.6 Å². The van der Waals surface area contributed by atoms with E-state index in [2.05, 4.69) is 69.2 Å². The van der Waals surface area contributed by atoms with Crippen LogP contribution in [0.3, 0.4) is 0 Å². The van der Waals surface area contributed by atoms with E-state index in [1.165, 1.54) is 0 Å². The van der Waals surface area contributed by atoms with Crippen LogP contribution in [0.4, 0.5) is 0 Å². The van der Waals surface area contributed by atoms with Gasteiger partial charge in [0.15, 0.2) is 0 Å². The molecule has 6 N–H and O–H groups in total. The number of aliphatic hydroxyl groups excluding tert-OH is 6. The van der Waals surface area contributed by atoms with E-state index in [0.29, 0.717) is 0 Å². The van der Waals surface area contributed by atoms with E-state index < -0.39 is 50.5 Å². The van der Waals surface area contributed by atoms with Crippen LogP contribution < -0.4 is 0 Å². The van der Waals surface area contributed by atoms with Gasteiger partial charge in [0.2, 0.25) is 0 Å². The molecule has 2 saturated heterocycles. The molecule has 0 spiro atoms. The van der Waals surface area contributed by atoms with Gasteiger partial charge in [-0.15, -0.1) is 0 Å². The van der Waals surface area contributed by atoms with Crippen molar-refractivity contribution in [2.24, 2.45) is 10.8 Å². The third-order valence-electron chi connectivity index (χ3n) is 8.77. The molecule has 2 unspecified atom stereocenters. The van der Waals surface area contributed by atoms with Crippen LogP contribution in [0.2, 0.25) is 0 Å². The maximum atomic E-state index is 9.03. The monoisotopic (exact) mass is 524 g/mol. The summed E-state index contributed by atoms with van der Waals surface area (Å²) >= 11 is 0. The second-order valence-electron chi connectivity index (χ2n) is 12.9. The quantitative estimate of drug-likeness (QED) is 0.177. The summed E-state index contributed by atoms with van der Waals surface area (Å²) in [7, 11) is 0. The lowest BCUT2D eigenvalue weighted by atomic mass is 9.79. The maximum absolute atomic E-state index is 9.03. The number of epoxide rings is 2. The smallest absolute Gasteiger partial charge is 0.123 e. The Kier molecular flexibility index (Phi) is 10.3. The SMILES string of the molecule is CC(C)(OC(C)(C)C1(C)OC1(C)C)C1(C)OC1(C)C.OCC(CO)(CO)COCC(CO)(CO)CO. The number of aliphatic hydroxyl groups is 6. The van der Waals surface area contributed by atoms with Crippen molar-refractivity contribution in [3.8, 4) is 0 Å². The van der Waals surface area contributed by atoms with Crippen LogP contribution in [0, 0.1) is 10.8 Å². The fourth-order valence-electron chi connectivity index (χ4n) is 4.56. The van der Waals surface area contributed by atoms with Gasteiger partial charge in [0.1, 0.15) is 11.2 Å². The minimum Gasteiger partial charge on any atom is -0.396 e. The number of ether oxygens (including phenoxy) is 4. The van der Waals surface area contributed by atoms with Crippen molar-refractivity contribution in [1.29, 1.82) is 0 Å². The minimum atomic E-state index is -1.16. The average Bonchev–Trinajstić information content (AvgIpc) is 3.55. The van der Waals surface area contributed by atoms with Crippen LogP contribution in [0.25, 0.3) is 0 Å². The van der Waals surface area contributed by atoms with Gasteiger partial charge in [-0.05, 0) is 69.2 Å². The van der Waals surface area contributed by atoms with E-state index in [1.807, 2.05) is 0 Å². The Morgan fingerprint density at radius 3 is 0.917 bits per heavy atom. The normalized spacial score (nSPS) is 27.3. The van der Waals surface area contributed by atoms with Gasteiger partial charge in [-0.3, -0.25) is 0 Å². The van der Waals surface area contributed by atoms with Crippen LogP contribution in [-0.2, 0) is 18.9 Å². The Balaban J connectivity index is 0.000000363. The molecule has 2 fully saturated rings. The molecule has 0 radical (unpaired) electrons. The molecule has 0 amide bonds. The van der Waals surface area contributed by atoms with Gasteiger partial charge in [-0.2, -0.15) is 0 Å². The summed E-state index contributed by atoms with van der Waals surface area (Å²) in [6.07, 6.45) is 0. The summed E-state index contributed by atoms with van der Waals surface area (Å²) in [6.45, 7) is 18.2. The first-order chi connectivity index (χ1) is 16.2. The molecule has 2 aliphatic rings. The summed E-state index contributed by atoms with van der Waals surface area (Å²) in [5.41, 5.74) is -3.84. The molecule has 10 nitrogen and oxygen atoms in total. The maximum Gasteiger partial charge on any atom is 0.123 e. The van der Waals surface area contributed by atoms with E-state index in [4.69, 9.17) is 49.6 Å². The largest absolute Gasteiger partial charge is 0.396 e. The highest BCUT2D eigenvalue weighted by Crippen LogP contribution is 2.60. The summed E-state index contributed by atoms with van der Waals surface area (Å²) in [5.74, 6) is 0. The van der Waals surface area contributed by atoms with Crippen molar-refractivity contribution < 1.29 is 49.6 Å². The van der Waals surface area contributed by atoms with Crippen molar-refractivity contribution in [3.05, 3.63) is 0 Å². The molecule has 0 aromatic rings. The zero-order chi connectivity index (χ0) is 28.5. The number of hydrogen-bond acceptors (Lipinski definition) is 10. The Morgan fingerprint density at radius 2 is 0.750 bits per heavy atom. The van der Waals surface area contributed by atoms with Gasteiger partial charge in [0.25, 0.3) is 0 Å². The van der Waals surface area contributed by atoms with Crippen LogP contribution in [0.15, 0.2) is 0 Å². The predicted molar refractivity (Wildman–Crippen MR) is 135 cm³/mol. The predicted octanol–water partition coefficient (Wildman–Crippen LogP) is 0.625. The molecule has 0 aromatic heterocycles. The highest BCUT2D eigenvalue weighted by Gasteiger charge is 2.73. The zero-order valence-corrected chi connectivity index (χ0v) is 24.0. The average molecular weight is 525 g/mol. The summed E-state index contributed by atoms with van der Waals surface area (Å²) in [5, 5.41) is 54.2. The first-order valence-corrected chi connectivity index (χ1v) is 12.5. The Labute approximate surface area is 216 Å². The molecule has 2 rings (SSSR count). The Hall–Kier alpha value is -0.400. The number of rotatable bonds is 14. The topological polar surface area (TPSA) is 165 Å². The van der Waals surface area contributed by atoms with Gasteiger partial charge in [0, 0.05) is 0 Å². The van der Waals surface area contributed by atoms with Gasteiger partial charge in [0.05, 0.1) is 86.1 Å². The summed E-state index contributed by atoms with van der Waals surface area (Å²) in [6, 6.07) is 0. The molecule has 10 heteroatoms. The zero-order valence-electron chi connectivity index (χ0n) is 24.0. The fraction of sp³-hybridized carbons (Fsp3) is 1.00. The molecular formula is C26H52O10. The molecule has 0 aromatic carbocycles. The van der Waals surface area contributed by atoms with Crippen LogP contribution in [0.1, 0.15) is 69.2 Å². The standard InChI is InChI=1S/C16H30O3.C10H22O7/c1-11(2,15(9)13(5,6)18-15)17-12(3,4)16(10)14(7,8)19-16;11-1-9(2-12,3-13)7-17-8-10(4-14,5-15)6-16/h1-10H3;11-16H,1-8H2. The molecule has 0 aliphatic carbocycles. The summed E-state index contributed by atoms with van der Waals surface area (Å²) in [4.78, 5) is 0. The first-order valence-electron chi connectivity index (χ1n) is 12.5. The van der Waals surface area contributed by atoms with E-state index in [1.54, 1.807) is 0 Å². The molecular weight excluding hydrogens is 472 g/mol. The molecule has 2 heterocycles. The van der Waals surface area contributed by atoms with Crippen molar-refractivity contribution >= 4 is 0 Å². The third-order valence-corrected chi connectivity index (χ3v) is 8.77. The van der Waals surface area contributed by atoms with Gasteiger partial charge in [-0.25, -0.2) is 0 Å². The van der Waals surface area contributed by atoms with Crippen molar-refractivity contribution in [1.82, 2.24) is 0 Å². The van der Waals surface area contributed by atoms with Crippen LogP contribution >= 0.6 is 0 Å². The lowest BCUT2D eigenvalue weighted by molar-refractivity contribution is -0.178. The van der Waals surface area contributed by atoms with E-state index in [-0.39, 0.29) is 46.8 Å². The fourth-order valence-corrected chi connectivity index (χ4v) is 4.56. The van der Waals surface area contributed by atoms with Crippen LogP contribution in [0.5, 0.6) is 0 Å². The van der Waals surface area contributed by atoms with Crippen molar-refractivity contribution in [2.75, 3.05) is 52.9 Å². The second kappa shape index (κ2) is 11.0. The first kappa shape index (κ1) is 33.6. The van der Waals surface area contributed by atoms with Crippen molar-refractivity contribution in [3.63, 3.8) is 0 Å². The van der Waals surface area contributed by atoms with Crippen molar-refractivity contribution in [2.45, 2.75) is 103 Å². The molecule has 2 aliphatic heterocycles. The lowest BCUT2D eigenvalue weighted by Gasteiger charge is -2.42. The summed E-state index contributed by atoms with van der Waals surface area (Å²) < 4.78 is 23.5.